The van der Waals surface area contributed by atoms with E-state index < -0.39 is 15.6 Å². The van der Waals surface area contributed by atoms with Crippen LogP contribution in [-0.2, 0) is 14.8 Å². The van der Waals surface area contributed by atoms with E-state index in [2.05, 4.69) is 9.71 Å². The number of nitrogens with two attached hydrogens (primary N) is 1. The van der Waals surface area contributed by atoms with E-state index in [-0.39, 0.29) is 10.6 Å². The van der Waals surface area contributed by atoms with Gasteiger partial charge in [-0.3, -0.25) is 4.98 Å². The van der Waals surface area contributed by atoms with Crippen LogP contribution >= 0.6 is 0 Å². The highest BCUT2D eigenvalue weighted by Gasteiger charge is 2.33. The number of hydrogen-bond acceptors (Lipinski definition) is 5. The predicted octanol–water partition coefficient (Wildman–Crippen LogP) is 0.511. The first-order chi connectivity index (χ1) is 8.43. The van der Waals surface area contributed by atoms with Gasteiger partial charge in [0.2, 0.25) is 10.0 Å². The minimum Gasteiger partial charge on any atom is -0.398 e. The zero-order valence-electron chi connectivity index (χ0n) is 10.2. The summed E-state index contributed by atoms with van der Waals surface area (Å²) in [5.74, 6) is 0. The fraction of sp³-hybridized carbons (Fsp3) is 0.545. The summed E-state index contributed by atoms with van der Waals surface area (Å²) in [7, 11) is -3.64. The van der Waals surface area contributed by atoms with Gasteiger partial charge in [-0.05, 0) is 25.8 Å². The third kappa shape index (κ3) is 2.80. The molecule has 6 nitrogen and oxygen atoms in total. The van der Waals surface area contributed by atoms with Gasteiger partial charge in [0.1, 0.15) is 4.90 Å². The molecule has 1 aliphatic heterocycles. The molecule has 1 aromatic heterocycles. The molecule has 2 heterocycles. The van der Waals surface area contributed by atoms with Crippen LogP contribution in [0, 0.1) is 0 Å². The second-order valence-electron chi connectivity index (χ2n) is 4.69. The molecule has 1 aliphatic rings. The molecule has 100 valence electrons. The first-order valence-electron chi connectivity index (χ1n) is 5.74. The summed E-state index contributed by atoms with van der Waals surface area (Å²) in [4.78, 5) is 3.83. The lowest BCUT2D eigenvalue weighted by Gasteiger charge is -2.34. The molecule has 0 saturated carbocycles. The zero-order valence-corrected chi connectivity index (χ0v) is 11.0. The Morgan fingerprint density at radius 2 is 2.11 bits per heavy atom. The van der Waals surface area contributed by atoms with Gasteiger partial charge in [-0.25, -0.2) is 13.1 Å². The van der Waals surface area contributed by atoms with Gasteiger partial charge in [0.25, 0.3) is 0 Å². The molecule has 0 aliphatic carbocycles. The summed E-state index contributed by atoms with van der Waals surface area (Å²) < 4.78 is 32.4. The maximum absolute atomic E-state index is 12.3. The van der Waals surface area contributed by atoms with Crippen LogP contribution in [0.5, 0.6) is 0 Å². The molecule has 1 fully saturated rings. The van der Waals surface area contributed by atoms with Gasteiger partial charge in [-0.15, -0.1) is 0 Å². The molecule has 1 saturated heterocycles. The van der Waals surface area contributed by atoms with Crippen LogP contribution in [0.25, 0.3) is 0 Å². The lowest BCUT2D eigenvalue weighted by Crippen LogP contribution is -2.49. The molecule has 0 radical (unpaired) electrons. The summed E-state index contributed by atoms with van der Waals surface area (Å²) in [5.41, 5.74) is 5.39. The number of aromatic nitrogens is 1. The number of nitrogens with one attached hydrogen (secondary N) is 1. The number of nitrogen functional groups attached to an aromatic ring is 1. The van der Waals surface area contributed by atoms with Crippen molar-refractivity contribution in [3.8, 4) is 0 Å². The van der Waals surface area contributed by atoms with E-state index in [0.29, 0.717) is 26.1 Å². The molecule has 0 atom stereocenters. The topological polar surface area (TPSA) is 94.3 Å². The number of pyridine rings is 1. The molecule has 0 amide bonds. The lowest BCUT2D eigenvalue weighted by atomic mass is 9.94. The highest BCUT2D eigenvalue weighted by Crippen LogP contribution is 2.24. The molecule has 0 aromatic carbocycles. The van der Waals surface area contributed by atoms with Crippen molar-refractivity contribution < 1.29 is 13.2 Å². The second kappa shape index (κ2) is 4.83. The van der Waals surface area contributed by atoms with Crippen LogP contribution in [-0.4, -0.2) is 32.2 Å². The maximum Gasteiger partial charge on any atom is 0.244 e. The Morgan fingerprint density at radius 1 is 1.44 bits per heavy atom. The fourth-order valence-electron chi connectivity index (χ4n) is 1.92. The number of ether oxygens (including phenoxy) is 1. The third-order valence-corrected chi connectivity index (χ3v) is 4.76. The Bertz CT molecular complexity index is 524. The van der Waals surface area contributed by atoms with Crippen LogP contribution in [0.1, 0.15) is 19.8 Å². The van der Waals surface area contributed by atoms with Crippen LogP contribution in [0.15, 0.2) is 23.4 Å². The third-order valence-electron chi connectivity index (χ3n) is 3.08. The average molecular weight is 271 g/mol. The molecular formula is C11H17N3O3S. The van der Waals surface area contributed by atoms with Gasteiger partial charge in [0, 0.05) is 31.1 Å². The van der Waals surface area contributed by atoms with Crippen molar-refractivity contribution in [2.75, 3.05) is 18.9 Å². The monoisotopic (exact) mass is 271 g/mol. The highest BCUT2D eigenvalue weighted by molar-refractivity contribution is 7.89. The molecular weight excluding hydrogens is 254 g/mol. The Morgan fingerprint density at radius 3 is 2.72 bits per heavy atom. The molecule has 0 unspecified atom stereocenters. The maximum atomic E-state index is 12.3. The molecule has 7 heteroatoms. The molecule has 18 heavy (non-hydrogen) atoms. The van der Waals surface area contributed by atoms with E-state index in [1.54, 1.807) is 0 Å². The van der Waals surface area contributed by atoms with Crippen molar-refractivity contribution >= 4 is 15.7 Å². The standard InChI is InChI=1S/C11H17N3O3S/c1-11(3-6-17-7-4-11)14-18(15,16)10-8-13-5-2-9(10)12/h2,5,8,14H,3-4,6-7H2,1H3,(H2,12,13). The van der Waals surface area contributed by atoms with Crippen molar-refractivity contribution in [2.24, 2.45) is 0 Å². The summed E-state index contributed by atoms with van der Waals surface area (Å²) in [5, 5.41) is 0. The van der Waals surface area contributed by atoms with Gasteiger partial charge in [0.05, 0.1) is 5.69 Å². The number of anilines is 1. The Kier molecular flexibility index (Phi) is 3.56. The van der Waals surface area contributed by atoms with Crippen LogP contribution in [0.2, 0.25) is 0 Å². The summed E-state index contributed by atoms with van der Waals surface area (Å²) in [6.07, 6.45) is 4.02. The number of sulfonamides is 1. The van der Waals surface area contributed by atoms with Gasteiger partial charge >= 0.3 is 0 Å². The minimum atomic E-state index is -3.64. The lowest BCUT2D eigenvalue weighted by molar-refractivity contribution is 0.0537. The number of rotatable bonds is 3. The number of nitrogens with zero attached hydrogens (tertiary/aromatic N) is 1. The average Bonchev–Trinajstić information content (AvgIpc) is 2.28. The smallest absolute Gasteiger partial charge is 0.244 e. The zero-order chi connectivity index (χ0) is 13.2. The van der Waals surface area contributed by atoms with Gasteiger partial charge in [-0.2, -0.15) is 0 Å². The fourth-order valence-corrected chi connectivity index (χ4v) is 3.46. The molecule has 3 N–H and O–H groups in total. The van der Waals surface area contributed by atoms with E-state index in [0.717, 1.165) is 0 Å². The van der Waals surface area contributed by atoms with E-state index in [1.165, 1.54) is 18.5 Å². The van der Waals surface area contributed by atoms with Crippen molar-refractivity contribution in [1.82, 2.24) is 9.71 Å². The van der Waals surface area contributed by atoms with Crippen molar-refractivity contribution in [2.45, 2.75) is 30.2 Å². The minimum absolute atomic E-state index is 0.0257. The predicted molar refractivity (Wildman–Crippen MR) is 67.4 cm³/mol. The number of hydrogen-bond donors (Lipinski definition) is 2. The summed E-state index contributed by atoms with van der Waals surface area (Å²) in [6, 6.07) is 1.47. The highest BCUT2D eigenvalue weighted by atomic mass is 32.2. The van der Waals surface area contributed by atoms with Crippen LogP contribution in [0.3, 0.4) is 0 Å². The quantitative estimate of drug-likeness (QED) is 0.835. The summed E-state index contributed by atoms with van der Waals surface area (Å²) >= 11 is 0. The van der Waals surface area contributed by atoms with E-state index >= 15 is 0 Å². The Balaban J connectivity index is 2.25. The van der Waals surface area contributed by atoms with Gasteiger partial charge in [-0.1, -0.05) is 0 Å². The van der Waals surface area contributed by atoms with Gasteiger partial charge in [0.15, 0.2) is 0 Å². The Labute approximate surface area is 107 Å². The van der Waals surface area contributed by atoms with Gasteiger partial charge < -0.3 is 10.5 Å². The van der Waals surface area contributed by atoms with Crippen LogP contribution < -0.4 is 10.5 Å². The molecule has 0 bridgehead atoms. The second-order valence-corrected chi connectivity index (χ2v) is 6.34. The van der Waals surface area contributed by atoms with Crippen molar-refractivity contribution in [3.63, 3.8) is 0 Å². The van der Waals surface area contributed by atoms with Crippen LogP contribution in [0.4, 0.5) is 5.69 Å². The molecule has 1 aromatic rings. The summed E-state index contributed by atoms with van der Waals surface area (Å²) in [6.45, 7) is 2.99. The van der Waals surface area contributed by atoms with E-state index in [4.69, 9.17) is 10.5 Å². The van der Waals surface area contributed by atoms with E-state index in [1.807, 2.05) is 6.92 Å². The SMILES string of the molecule is CC1(NS(=O)(=O)c2cnccc2N)CCOCC1. The first kappa shape index (κ1) is 13.3. The van der Waals surface area contributed by atoms with E-state index in [9.17, 15) is 8.42 Å². The van der Waals surface area contributed by atoms with Crippen molar-refractivity contribution in [1.29, 1.82) is 0 Å². The first-order valence-corrected chi connectivity index (χ1v) is 7.22. The molecule has 0 spiro atoms. The largest absolute Gasteiger partial charge is 0.398 e. The normalized spacial score (nSPS) is 19.6. The van der Waals surface area contributed by atoms with Crippen molar-refractivity contribution in [3.05, 3.63) is 18.5 Å². The Hall–Kier alpha value is -1.18. The molecule has 2 rings (SSSR count).